The van der Waals surface area contributed by atoms with Crippen LogP contribution in [0.25, 0.3) is 6.08 Å². The zero-order valence-corrected chi connectivity index (χ0v) is 8.51. The van der Waals surface area contributed by atoms with Crippen molar-refractivity contribution in [3.05, 3.63) is 35.9 Å². The molecule has 0 radical (unpaired) electrons. The Morgan fingerprint density at radius 1 is 1.31 bits per heavy atom. The van der Waals surface area contributed by atoms with E-state index in [4.69, 9.17) is 4.33 Å². The molecule has 0 unspecified atom stereocenters. The van der Waals surface area contributed by atoms with Gasteiger partial charge in [0.05, 0.1) is 19.2 Å². The van der Waals surface area contributed by atoms with Crippen molar-refractivity contribution in [3.8, 4) is 0 Å². The Hall–Kier alpha value is -0.770. The molecule has 0 fully saturated rings. The SMILES string of the molecule is CC=Cc1ccccc1SOOC. The van der Waals surface area contributed by atoms with Gasteiger partial charge in [0.15, 0.2) is 0 Å². The molecule has 0 aliphatic heterocycles. The monoisotopic (exact) mass is 196 g/mol. The summed E-state index contributed by atoms with van der Waals surface area (Å²) < 4.78 is 4.79. The summed E-state index contributed by atoms with van der Waals surface area (Å²) in [6.07, 6.45) is 4.02. The fourth-order valence-corrected chi connectivity index (χ4v) is 1.45. The Morgan fingerprint density at radius 3 is 2.77 bits per heavy atom. The number of hydrogen-bond acceptors (Lipinski definition) is 3. The van der Waals surface area contributed by atoms with Crippen LogP contribution < -0.4 is 0 Å². The second-order valence-corrected chi connectivity index (χ2v) is 3.10. The van der Waals surface area contributed by atoms with Gasteiger partial charge in [0.1, 0.15) is 0 Å². The van der Waals surface area contributed by atoms with E-state index in [1.54, 1.807) is 0 Å². The van der Waals surface area contributed by atoms with E-state index >= 15 is 0 Å². The van der Waals surface area contributed by atoms with Crippen molar-refractivity contribution in [3.63, 3.8) is 0 Å². The standard InChI is InChI=1S/C10H12O2S/c1-3-6-9-7-4-5-8-10(9)13-12-11-2/h3-8H,1-2H3. The molecule has 2 nitrogen and oxygen atoms in total. The summed E-state index contributed by atoms with van der Waals surface area (Å²) in [6, 6.07) is 7.97. The summed E-state index contributed by atoms with van der Waals surface area (Å²) >= 11 is 1.21. The van der Waals surface area contributed by atoms with Crippen molar-refractivity contribution in [2.45, 2.75) is 11.8 Å². The lowest BCUT2D eigenvalue weighted by Gasteiger charge is -2.02. The minimum atomic E-state index is 1.04. The van der Waals surface area contributed by atoms with Gasteiger partial charge < -0.3 is 0 Å². The maximum Gasteiger partial charge on any atom is 0.0725 e. The Morgan fingerprint density at radius 2 is 2.08 bits per heavy atom. The maximum absolute atomic E-state index is 4.79. The topological polar surface area (TPSA) is 18.5 Å². The van der Waals surface area contributed by atoms with Gasteiger partial charge in [-0.05, 0) is 18.6 Å². The highest BCUT2D eigenvalue weighted by Gasteiger charge is 1.99. The van der Waals surface area contributed by atoms with E-state index in [1.807, 2.05) is 43.3 Å². The summed E-state index contributed by atoms with van der Waals surface area (Å²) in [6.45, 7) is 1.98. The van der Waals surface area contributed by atoms with Crippen LogP contribution in [0.4, 0.5) is 0 Å². The van der Waals surface area contributed by atoms with Gasteiger partial charge >= 0.3 is 0 Å². The second-order valence-electron chi connectivity index (χ2n) is 2.36. The molecule has 3 heteroatoms. The fourth-order valence-electron chi connectivity index (χ4n) is 0.944. The molecule has 0 spiro atoms. The van der Waals surface area contributed by atoms with E-state index in [1.165, 1.54) is 19.2 Å². The predicted octanol–water partition coefficient (Wildman–Crippen LogP) is 3.30. The molecule has 1 aromatic rings. The molecular formula is C10H12O2S. The Bertz CT molecular complexity index is 284. The van der Waals surface area contributed by atoms with Crippen LogP contribution in [-0.2, 0) is 9.22 Å². The average molecular weight is 196 g/mol. The largest absolute Gasteiger partial charge is 0.227 e. The molecule has 0 saturated carbocycles. The Balaban J connectivity index is 2.78. The molecule has 0 aromatic heterocycles. The highest BCUT2D eigenvalue weighted by atomic mass is 32.2. The number of allylic oxidation sites excluding steroid dienone is 1. The molecule has 0 N–H and O–H groups in total. The van der Waals surface area contributed by atoms with Crippen LogP contribution in [-0.4, -0.2) is 7.11 Å². The Labute approximate surface area is 82.7 Å². The average Bonchev–Trinajstić information content (AvgIpc) is 2.17. The lowest BCUT2D eigenvalue weighted by molar-refractivity contribution is -0.160. The summed E-state index contributed by atoms with van der Waals surface area (Å²) in [5.74, 6) is 0. The summed E-state index contributed by atoms with van der Waals surface area (Å²) in [4.78, 5) is 5.56. The van der Waals surface area contributed by atoms with Gasteiger partial charge in [0.25, 0.3) is 0 Å². The third-order valence-corrected chi connectivity index (χ3v) is 2.21. The van der Waals surface area contributed by atoms with Crippen LogP contribution >= 0.6 is 12.0 Å². The predicted molar refractivity (Wildman–Crippen MR) is 55.1 cm³/mol. The summed E-state index contributed by atoms with van der Waals surface area (Å²) in [5, 5.41) is 0. The minimum absolute atomic E-state index is 1.04. The summed E-state index contributed by atoms with van der Waals surface area (Å²) in [5.41, 5.74) is 1.13. The van der Waals surface area contributed by atoms with Crippen molar-refractivity contribution < 1.29 is 9.22 Å². The molecule has 1 aromatic carbocycles. The van der Waals surface area contributed by atoms with Crippen molar-refractivity contribution in [2.24, 2.45) is 0 Å². The zero-order chi connectivity index (χ0) is 9.52. The molecule has 0 aliphatic rings. The van der Waals surface area contributed by atoms with Gasteiger partial charge in [-0.3, -0.25) is 0 Å². The smallest absolute Gasteiger partial charge is 0.0725 e. The highest BCUT2D eigenvalue weighted by molar-refractivity contribution is 7.94. The molecule has 0 saturated heterocycles. The van der Waals surface area contributed by atoms with Crippen molar-refractivity contribution >= 4 is 18.1 Å². The van der Waals surface area contributed by atoms with Gasteiger partial charge in [-0.2, -0.15) is 4.33 Å². The van der Waals surface area contributed by atoms with Gasteiger partial charge in [-0.15, -0.1) is 0 Å². The zero-order valence-electron chi connectivity index (χ0n) is 7.69. The maximum atomic E-state index is 4.79. The van der Waals surface area contributed by atoms with Crippen molar-refractivity contribution in [1.29, 1.82) is 0 Å². The van der Waals surface area contributed by atoms with E-state index < -0.39 is 0 Å². The third-order valence-electron chi connectivity index (χ3n) is 1.46. The van der Waals surface area contributed by atoms with Crippen LogP contribution in [0.5, 0.6) is 0 Å². The van der Waals surface area contributed by atoms with E-state index in [-0.39, 0.29) is 0 Å². The van der Waals surface area contributed by atoms with Crippen LogP contribution in [0.3, 0.4) is 0 Å². The molecule has 0 heterocycles. The fraction of sp³-hybridized carbons (Fsp3) is 0.200. The Kier molecular flexibility index (Phi) is 4.60. The quantitative estimate of drug-likeness (QED) is 0.418. The first-order chi connectivity index (χ1) is 6.38. The summed E-state index contributed by atoms with van der Waals surface area (Å²) in [7, 11) is 1.49. The van der Waals surface area contributed by atoms with Crippen molar-refractivity contribution in [1.82, 2.24) is 0 Å². The van der Waals surface area contributed by atoms with E-state index in [0.29, 0.717) is 0 Å². The third kappa shape index (κ3) is 3.22. The molecule has 0 amide bonds. The van der Waals surface area contributed by atoms with Gasteiger partial charge in [-0.1, -0.05) is 30.4 Å². The number of hydrogen-bond donors (Lipinski definition) is 0. The lowest BCUT2D eigenvalue weighted by atomic mass is 10.2. The van der Waals surface area contributed by atoms with Gasteiger partial charge in [0, 0.05) is 4.90 Å². The van der Waals surface area contributed by atoms with Crippen LogP contribution in [0.15, 0.2) is 35.2 Å². The number of rotatable bonds is 4. The lowest BCUT2D eigenvalue weighted by Crippen LogP contribution is -1.81. The molecule has 1 rings (SSSR count). The highest BCUT2D eigenvalue weighted by Crippen LogP contribution is 2.24. The first-order valence-electron chi connectivity index (χ1n) is 3.97. The molecule has 0 aliphatic carbocycles. The first-order valence-corrected chi connectivity index (χ1v) is 4.71. The first kappa shape index (κ1) is 10.3. The van der Waals surface area contributed by atoms with E-state index in [9.17, 15) is 0 Å². The second kappa shape index (κ2) is 5.80. The number of benzene rings is 1. The minimum Gasteiger partial charge on any atom is -0.227 e. The van der Waals surface area contributed by atoms with Crippen LogP contribution in [0, 0.1) is 0 Å². The normalized spacial score (nSPS) is 10.9. The van der Waals surface area contributed by atoms with Crippen molar-refractivity contribution in [2.75, 3.05) is 7.11 Å². The molecule has 70 valence electrons. The van der Waals surface area contributed by atoms with E-state index in [2.05, 4.69) is 4.89 Å². The molecule has 0 bridgehead atoms. The molecule has 0 atom stereocenters. The molecule has 13 heavy (non-hydrogen) atoms. The van der Waals surface area contributed by atoms with E-state index in [0.717, 1.165) is 10.5 Å². The van der Waals surface area contributed by atoms with Gasteiger partial charge in [-0.25, -0.2) is 4.89 Å². The van der Waals surface area contributed by atoms with Crippen LogP contribution in [0.1, 0.15) is 12.5 Å². The van der Waals surface area contributed by atoms with Gasteiger partial charge in [0.2, 0.25) is 0 Å². The van der Waals surface area contributed by atoms with Crippen LogP contribution in [0.2, 0.25) is 0 Å². The molecular weight excluding hydrogens is 184 g/mol.